The Hall–Kier alpha value is 0.310. The van der Waals surface area contributed by atoms with Crippen molar-refractivity contribution >= 4 is 11.8 Å². The molecule has 0 saturated carbocycles. The molecule has 2 aliphatic rings. The highest BCUT2D eigenvalue weighted by Gasteiger charge is 2.44. The maximum atomic E-state index is 10.6. The smallest absolute Gasteiger partial charge is 0.0673 e. The minimum absolute atomic E-state index is 0.260. The molecule has 1 nitrogen and oxygen atoms in total. The molecule has 0 amide bonds. The zero-order valence-corrected chi connectivity index (χ0v) is 10.4. The highest BCUT2D eigenvalue weighted by Crippen LogP contribution is 2.50. The van der Waals surface area contributed by atoms with Gasteiger partial charge in [-0.3, -0.25) is 0 Å². The molecule has 2 atom stereocenters. The van der Waals surface area contributed by atoms with Crippen molar-refractivity contribution in [2.45, 2.75) is 69.0 Å². The van der Waals surface area contributed by atoms with E-state index < -0.39 is 0 Å². The van der Waals surface area contributed by atoms with E-state index in [0.29, 0.717) is 0 Å². The summed E-state index contributed by atoms with van der Waals surface area (Å²) in [5.74, 6) is 0. The summed E-state index contributed by atoms with van der Waals surface area (Å²) in [4.78, 5) is 0. The van der Waals surface area contributed by atoms with Gasteiger partial charge in [0.05, 0.1) is 5.60 Å². The van der Waals surface area contributed by atoms with Crippen molar-refractivity contribution < 1.29 is 5.11 Å². The molecule has 2 fully saturated rings. The average Bonchev–Trinajstić information content (AvgIpc) is 2.25. The zero-order chi connectivity index (χ0) is 10.4. The van der Waals surface area contributed by atoms with E-state index in [1.165, 1.54) is 12.8 Å². The van der Waals surface area contributed by atoms with Crippen molar-refractivity contribution in [2.75, 3.05) is 0 Å². The fourth-order valence-corrected chi connectivity index (χ4v) is 5.04. The molecule has 2 rings (SSSR count). The van der Waals surface area contributed by atoms with Crippen LogP contribution < -0.4 is 0 Å². The molecule has 2 saturated heterocycles. The third-order valence-electron chi connectivity index (χ3n) is 3.27. The average molecular weight is 214 g/mol. The number of hydrogen-bond acceptors (Lipinski definition) is 2. The van der Waals surface area contributed by atoms with Crippen LogP contribution in [0.25, 0.3) is 0 Å². The second-order valence-electron chi connectivity index (χ2n) is 6.33. The SMILES string of the molecule is CC(C)(C)CC1(O)CC2CCC(C1)S2. The molecule has 2 unspecified atom stereocenters. The van der Waals surface area contributed by atoms with Crippen LogP contribution >= 0.6 is 11.8 Å². The first-order valence-electron chi connectivity index (χ1n) is 5.74. The summed E-state index contributed by atoms with van der Waals surface area (Å²) in [5.41, 5.74) is -0.0917. The normalized spacial score (nSPS) is 42.9. The van der Waals surface area contributed by atoms with E-state index >= 15 is 0 Å². The molecule has 2 heterocycles. The Morgan fingerprint density at radius 3 is 2.14 bits per heavy atom. The summed E-state index contributed by atoms with van der Waals surface area (Å²) in [6, 6.07) is 0. The molecular formula is C12H22OS. The molecule has 0 aliphatic carbocycles. The van der Waals surface area contributed by atoms with Crippen LogP contribution in [-0.4, -0.2) is 21.2 Å². The second kappa shape index (κ2) is 3.41. The fourth-order valence-electron chi connectivity index (χ4n) is 3.14. The van der Waals surface area contributed by atoms with Gasteiger partial charge in [-0.05, 0) is 37.5 Å². The van der Waals surface area contributed by atoms with Crippen LogP contribution in [-0.2, 0) is 0 Å². The van der Waals surface area contributed by atoms with Gasteiger partial charge in [-0.15, -0.1) is 0 Å². The lowest BCUT2D eigenvalue weighted by Gasteiger charge is -2.40. The Morgan fingerprint density at radius 1 is 1.21 bits per heavy atom. The predicted molar refractivity (Wildman–Crippen MR) is 62.7 cm³/mol. The first-order chi connectivity index (χ1) is 6.36. The maximum Gasteiger partial charge on any atom is 0.0673 e. The summed E-state index contributed by atoms with van der Waals surface area (Å²) in [6.45, 7) is 6.69. The third-order valence-corrected chi connectivity index (χ3v) is 4.84. The van der Waals surface area contributed by atoms with Crippen LogP contribution in [0.1, 0.15) is 52.9 Å². The number of aliphatic hydroxyl groups is 1. The lowest BCUT2D eigenvalue weighted by molar-refractivity contribution is -0.0124. The highest BCUT2D eigenvalue weighted by molar-refractivity contribution is 8.00. The Kier molecular flexibility index (Phi) is 2.64. The molecule has 0 aromatic carbocycles. The van der Waals surface area contributed by atoms with E-state index in [0.717, 1.165) is 29.8 Å². The Balaban J connectivity index is 2.02. The first kappa shape index (κ1) is 10.8. The van der Waals surface area contributed by atoms with E-state index in [-0.39, 0.29) is 11.0 Å². The van der Waals surface area contributed by atoms with Gasteiger partial charge in [0.15, 0.2) is 0 Å². The van der Waals surface area contributed by atoms with E-state index in [2.05, 4.69) is 32.5 Å². The van der Waals surface area contributed by atoms with Gasteiger partial charge in [0, 0.05) is 10.5 Å². The topological polar surface area (TPSA) is 20.2 Å². The summed E-state index contributed by atoms with van der Waals surface area (Å²) in [5, 5.41) is 12.1. The summed E-state index contributed by atoms with van der Waals surface area (Å²) < 4.78 is 0. The molecule has 2 bridgehead atoms. The first-order valence-corrected chi connectivity index (χ1v) is 6.69. The van der Waals surface area contributed by atoms with Crippen LogP contribution in [0.5, 0.6) is 0 Å². The maximum absolute atomic E-state index is 10.6. The Morgan fingerprint density at radius 2 is 1.71 bits per heavy atom. The number of rotatable bonds is 1. The Bertz CT molecular complexity index is 207. The minimum Gasteiger partial charge on any atom is -0.390 e. The molecule has 2 heteroatoms. The molecule has 0 radical (unpaired) electrons. The molecular weight excluding hydrogens is 192 g/mol. The Labute approximate surface area is 91.7 Å². The van der Waals surface area contributed by atoms with Gasteiger partial charge in [-0.25, -0.2) is 0 Å². The van der Waals surface area contributed by atoms with Gasteiger partial charge >= 0.3 is 0 Å². The van der Waals surface area contributed by atoms with Crippen molar-refractivity contribution in [3.63, 3.8) is 0 Å². The van der Waals surface area contributed by atoms with Crippen molar-refractivity contribution in [3.05, 3.63) is 0 Å². The van der Waals surface area contributed by atoms with Crippen LogP contribution in [0.15, 0.2) is 0 Å². The van der Waals surface area contributed by atoms with Gasteiger partial charge < -0.3 is 5.11 Å². The second-order valence-corrected chi connectivity index (χ2v) is 7.93. The van der Waals surface area contributed by atoms with Gasteiger partial charge in [0.2, 0.25) is 0 Å². The van der Waals surface area contributed by atoms with Crippen molar-refractivity contribution in [2.24, 2.45) is 5.41 Å². The number of thioether (sulfide) groups is 1. The molecule has 0 aromatic rings. The van der Waals surface area contributed by atoms with Gasteiger partial charge in [-0.2, -0.15) is 11.8 Å². The summed E-state index contributed by atoms with van der Waals surface area (Å²) >= 11 is 2.12. The van der Waals surface area contributed by atoms with E-state index in [4.69, 9.17) is 0 Å². The van der Waals surface area contributed by atoms with E-state index in [1.807, 2.05) is 0 Å². The van der Waals surface area contributed by atoms with Crippen molar-refractivity contribution in [1.29, 1.82) is 0 Å². The van der Waals surface area contributed by atoms with E-state index in [9.17, 15) is 5.11 Å². The van der Waals surface area contributed by atoms with Gasteiger partial charge in [-0.1, -0.05) is 20.8 Å². The minimum atomic E-state index is -0.352. The van der Waals surface area contributed by atoms with Crippen molar-refractivity contribution in [3.8, 4) is 0 Å². The van der Waals surface area contributed by atoms with E-state index in [1.54, 1.807) is 0 Å². The molecule has 14 heavy (non-hydrogen) atoms. The molecule has 82 valence electrons. The number of fused-ring (bicyclic) bond motifs is 2. The number of hydrogen-bond donors (Lipinski definition) is 1. The highest BCUT2D eigenvalue weighted by atomic mass is 32.2. The largest absolute Gasteiger partial charge is 0.390 e. The van der Waals surface area contributed by atoms with Crippen LogP contribution in [0.3, 0.4) is 0 Å². The summed E-state index contributed by atoms with van der Waals surface area (Å²) in [6.07, 6.45) is 5.70. The lowest BCUT2D eigenvalue weighted by Crippen LogP contribution is -2.40. The quantitative estimate of drug-likeness (QED) is 0.723. The standard InChI is InChI=1S/C12H22OS/c1-11(2,3)8-12(13)6-9-4-5-10(7-12)14-9/h9-10,13H,4-8H2,1-3H3. The summed E-state index contributed by atoms with van der Waals surface area (Å²) in [7, 11) is 0. The molecule has 0 spiro atoms. The van der Waals surface area contributed by atoms with Gasteiger partial charge in [0.1, 0.15) is 0 Å². The fraction of sp³-hybridized carbons (Fsp3) is 1.00. The van der Waals surface area contributed by atoms with Gasteiger partial charge in [0.25, 0.3) is 0 Å². The van der Waals surface area contributed by atoms with Crippen molar-refractivity contribution in [1.82, 2.24) is 0 Å². The molecule has 1 N–H and O–H groups in total. The van der Waals surface area contributed by atoms with Crippen LogP contribution in [0.4, 0.5) is 0 Å². The van der Waals surface area contributed by atoms with Crippen LogP contribution in [0.2, 0.25) is 0 Å². The molecule has 0 aromatic heterocycles. The monoisotopic (exact) mass is 214 g/mol. The lowest BCUT2D eigenvalue weighted by atomic mass is 9.78. The van der Waals surface area contributed by atoms with Crippen LogP contribution in [0, 0.1) is 5.41 Å². The zero-order valence-electron chi connectivity index (χ0n) is 9.55. The predicted octanol–water partition coefficient (Wildman–Crippen LogP) is 3.21. The molecule has 2 aliphatic heterocycles. The third kappa shape index (κ3) is 2.46.